The Hall–Kier alpha value is -1.84. The van der Waals surface area contributed by atoms with E-state index in [9.17, 15) is 0 Å². The standard InChI is InChI=1S/C13H15N3O/c14-12-15-11(16-17-12)13(8-4-5-9-13)10-6-2-1-3-7-10/h1-3,6-7H,4-5,8-9H2,(H2,14,15,16). The highest BCUT2D eigenvalue weighted by molar-refractivity contribution is 5.34. The van der Waals surface area contributed by atoms with Crippen LogP contribution in [0.15, 0.2) is 34.9 Å². The van der Waals surface area contributed by atoms with E-state index in [1.54, 1.807) is 0 Å². The fraction of sp³-hybridized carbons (Fsp3) is 0.385. The van der Waals surface area contributed by atoms with Gasteiger partial charge in [0.1, 0.15) is 0 Å². The molecule has 1 fully saturated rings. The minimum atomic E-state index is -0.0949. The number of hydrogen-bond donors (Lipinski definition) is 1. The van der Waals surface area contributed by atoms with Crippen LogP contribution in [0.1, 0.15) is 37.1 Å². The molecule has 0 spiro atoms. The first-order chi connectivity index (χ1) is 8.31. The highest BCUT2D eigenvalue weighted by Crippen LogP contribution is 2.45. The zero-order valence-corrected chi connectivity index (χ0v) is 9.60. The number of nitrogen functional groups attached to an aromatic ring is 1. The molecule has 0 aliphatic heterocycles. The van der Waals surface area contributed by atoms with Crippen LogP contribution in [0, 0.1) is 0 Å². The van der Waals surface area contributed by atoms with Crippen LogP contribution in [0.25, 0.3) is 0 Å². The molecule has 1 aliphatic carbocycles. The molecule has 4 nitrogen and oxygen atoms in total. The third kappa shape index (κ3) is 1.60. The minimum Gasteiger partial charge on any atom is -0.351 e. The molecule has 88 valence electrons. The van der Waals surface area contributed by atoms with Crippen molar-refractivity contribution in [1.29, 1.82) is 0 Å². The molecule has 0 radical (unpaired) electrons. The highest BCUT2D eigenvalue weighted by atomic mass is 16.5. The van der Waals surface area contributed by atoms with E-state index in [-0.39, 0.29) is 11.4 Å². The lowest BCUT2D eigenvalue weighted by atomic mass is 9.78. The lowest BCUT2D eigenvalue weighted by molar-refractivity contribution is 0.398. The Kier molecular flexibility index (Phi) is 2.35. The van der Waals surface area contributed by atoms with E-state index in [4.69, 9.17) is 10.3 Å². The molecule has 2 aromatic rings. The Morgan fingerprint density at radius 1 is 1.12 bits per heavy atom. The number of aromatic nitrogens is 2. The van der Waals surface area contributed by atoms with Crippen LogP contribution < -0.4 is 5.73 Å². The van der Waals surface area contributed by atoms with Gasteiger partial charge in [-0.1, -0.05) is 48.3 Å². The van der Waals surface area contributed by atoms with Gasteiger partial charge < -0.3 is 10.3 Å². The van der Waals surface area contributed by atoms with Crippen LogP contribution >= 0.6 is 0 Å². The van der Waals surface area contributed by atoms with E-state index in [0.29, 0.717) is 0 Å². The van der Waals surface area contributed by atoms with Gasteiger partial charge in [-0.2, -0.15) is 4.98 Å². The molecule has 1 aromatic heterocycles. The van der Waals surface area contributed by atoms with Crippen molar-refractivity contribution >= 4 is 6.01 Å². The Bertz CT molecular complexity index is 500. The lowest BCUT2D eigenvalue weighted by Crippen LogP contribution is -2.25. The van der Waals surface area contributed by atoms with Crippen LogP contribution in [0.5, 0.6) is 0 Å². The van der Waals surface area contributed by atoms with Gasteiger partial charge in [0, 0.05) is 0 Å². The van der Waals surface area contributed by atoms with Gasteiger partial charge in [0.2, 0.25) is 0 Å². The maximum absolute atomic E-state index is 5.54. The quantitative estimate of drug-likeness (QED) is 0.859. The second kappa shape index (κ2) is 3.87. The maximum atomic E-state index is 5.54. The van der Waals surface area contributed by atoms with Crippen LogP contribution in [0.2, 0.25) is 0 Å². The topological polar surface area (TPSA) is 64.9 Å². The van der Waals surface area contributed by atoms with Gasteiger partial charge >= 0.3 is 6.01 Å². The third-order valence-corrected chi connectivity index (χ3v) is 3.65. The Morgan fingerprint density at radius 2 is 1.82 bits per heavy atom. The zero-order chi connectivity index (χ0) is 11.7. The number of anilines is 1. The summed E-state index contributed by atoms with van der Waals surface area (Å²) in [5.41, 5.74) is 6.71. The molecule has 3 rings (SSSR count). The lowest BCUT2D eigenvalue weighted by Gasteiger charge is -2.25. The summed E-state index contributed by atoms with van der Waals surface area (Å²) in [4.78, 5) is 4.24. The summed E-state index contributed by atoms with van der Waals surface area (Å²) in [5.74, 6) is 0.735. The average molecular weight is 229 g/mol. The first-order valence-corrected chi connectivity index (χ1v) is 5.96. The number of hydrogen-bond acceptors (Lipinski definition) is 4. The second-order valence-corrected chi connectivity index (χ2v) is 4.61. The van der Waals surface area contributed by atoms with Gasteiger partial charge in [0.05, 0.1) is 5.41 Å². The molecule has 0 atom stereocenters. The van der Waals surface area contributed by atoms with E-state index < -0.39 is 0 Å². The molecule has 1 aromatic carbocycles. The Morgan fingerprint density at radius 3 is 2.41 bits per heavy atom. The van der Waals surface area contributed by atoms with Crippen molar-refractivity contribution in [2.75, 3.05) is 5.73 Å². The normalized spacial score (nSPS) is 18.4. The summed E-state index contributed by atoms with van der Waals surface area (Å²) >= 11 is 0. The van der Waals surface area contributed by atoms with Crippen molar-refractivity contribution in [3.63, 3.8) is 0 Å². The second-order valence-electron chi connectivity index (χ2n) is 4.61. The van der Waals surface area contributed by atoms with Gasteiger partial charge in [-0.25, -0.2) is 0 Å². The number of nitrogens with two attached hydrogens (primary N) is 1. The SMILES string of the molecule is Nc1nc(C2(c3ccccc3)CCCC2)no1. The van der Waals surface area contributed by atoms with Gasteiger partial charge in [-0.3, -0.25) is 0 Å². The van der Waals surface area contributed by atoms with E-state index in [1.165, 1.54) is 18.4 Å². The zero-order valence-electron chi connectivity index (χ0n) is 9.60. The van der Waals surface area contributed by atoms with Crippen molar-refractivity contribution in [3.05, 3.63) is 41.7 Å². The summed E-state index contributed by atoms with van der Waals surface area (Å²) in [7, 11) is 0. The Labute approximate surface area is 99.8 Å². The third-order valence-electron chi connectivity index (χ3n) is 3.65. The molecule has 17 heavy (non-hydrogen) atoms. The highest BCUT2D eigenvalue weighted by Gasteiger charge is 2.41. The van der Waals surface area contributed by atoms with E-state index in [0.717, 1.165) is 18.7 Å². The molecule has 1 heterocycles. The average Bonchev–Trinajstić information content (AvgIpc) is 2.99. The number of nitrogens with zero attached hydrogens (tertiary/aromatic N) is 2. The summed E-state index contributed by atoms with van der Waals surface area (Å²) in [6.45, 7) is 0. The molecular weight excluding hydrogens is 214 g/mol. The minimum absolute atomic E-state index is 0.0949. The first-order valence-electron chi connectivity index (χ1n) is 5.96. The van der Waals surface area contributed by atoms with E-state index in [1.807, 2.05) is 6.07 Å². The van der Waals surface area contributed by atoms with Crippen molar-refractivity contribution in [3.8, 4) is 0 Å². The van der Waals surface area contributed by atoms with Gasteiger partial charge in [0.25, 0.3) is 0 Å². The van der Waals surface area contributed by atoms with Gasteiger partial charge in [0.15, 0.2) is 5.82 Å². The van der Waals surface area contributed by atoms with E-state index >= 15 is 0 Å². The molecule has 0 unspecified atom stereocenters. The fourth-order valence-electron chi connectivity index (χ4n) is 2.81. The van der Waals surface area contributed by atoms with Crippen LogP contribution in [0.3, 0.4) is 0 Å². The fourth-order valence-corrected chi connectivity index (χ4v) is 2.81. The molecule has 0 saturated heterocycles. The molecule has 4 heteroatoms. The van der Waals surface area contributed by atoms with E-state index in [2.05, 4.69) is 34.4 Å². The summed E-state index contributed by atoms with van der Waals surface area (Å²) in [6, 6.07) is 10.6. The molecule has 1 aliphatic rings. The van der Waals surface area contributed by atoms with Crippen molar-refractivity contribution in [2.24, 2.45) is 0 Å². The predicted molar refractivity (Wildman–Crippen MR) is 64.4 cm³/mol. The first kappa shape index (κ1) is 10.3. The maximum Gasteiger partial charge on any atom is 0.318 e. The van der Waals surface area contributed by atoms with Crippen LogP contribution in [-0.2, 0) is 5.41 Å². The number of rotatable bonds is 2. The monoisotopic (exact) mass is 229 g/mol. The van der Waals surface area contributed by atoms with Gasteiger partial charge in [-0.15, -0.1) is 0 Å². The predicted octanol–water partition coefficient (Wildman–Crippen LogP) is 2.51. The molecule has 1 saturated carbocycles. The largest absolute Gasteiger partial charge is 0.351 e. The van der Waals surface area contributed by atoms with Crippen LogP contribution in [-0.4, -0.2) is 10.1 Å². The molecule has 0 bridgehead atoms. The van der Waals surface area contributed by atoms with Crippen molar-refractivity contribution in [2.45, 2.75) is 31.1 Å². The summed E-state index contributed by atoms with van der Waals surface area (Å²) in [6.07, 6.45) is 4.53. The summed E-state index contributed by atoms with van der Waals surface area (Å²) < 4.78 is 4.94. The van der Waals surface area contributed by atoms with Crippen molar-refractivity contribution in [1.82, 2.24) is 10.1 Å². The number of benzene rings is 1. The molecular formula is C13H15N3O. The molecule has 2 N–H and O–H groups in total. The Balaban J connectivity index is 2.11. The van der Waals surface area contributed by atoms with Crippen LogP contribution in [0.4, 0.5) is 6.01 Å². The molecule has 0 amide bonds. The summed E-state index contributed by atoms with van der Waals surface area (Å²) in [5, 5.41) is 4.04. The van der Waals surface area contributed by atoms with Crippen molar-refractivity contribution < 1.29 is 4.52 Å². The van der Waals surface area contributed by atoms with Gasteiger partial charge in [-0.05, 0) is 18.4 Å². The smallest absolute Gasteiger partial charge is 0.318 e.